The number of carbonyl (C=O) groups excluding carboxylic acids is 2. The molecule has 7 nitrogen and oxygen atoms in total. The minimum atomic E-state index is -0.319. The number of rotatable bonds is 6. The summed E-state index contributed by atoms with van der Waals surface area (Å²) in [4.78, 5) is 28.4. The van der Waals surface area contributed by atoms with Crippen molar-refractivity contribution in [1.29, 1.82) is 0 Å². The van der Waals surface area contributed by atoms with Gasteiger partial charge in [0.05, 0.1) is 10.6 Å². The Balaban J connectivity index is 1.38. The molecule has 1 fully saturated rings. The molecule has 1 aliphatic rings. The summed E-state index contributed by atoms with van der Waals surface area (Å²) in [6, 6.07) is 3.48. The number of thioether (sulfide) groups is 1. The van der Waals surface area contributed by atoms with E-state index in [0.717, 1.165) is 12.2 Å². The molecule has 0 aliphatic heterocycles. The Morgan fingerprint density at radius 1 is 1.33 bits per heavy atom. The molecule has 0 saturated heterocycles. The van der Waals surface area contributed by atoms with E-state index in [-0.39, 0.29) is 17.6 Å². The standard InChI is InChI=1S/C15H19N5O2S2/c21-13(18-19-14(22)11-6-3-7-23-11)9-24-15-16-12(17-20-15)8-10-4-1-2-5-10/h3,6-7,10H,1-2,4-5,8-9H2,(H,18,21)(H,19,22)(H,16,17,20). The molecule has 3 N–H and O–H groups in total. The van der Waals surface area contributed by atoms with Gasteiger partial charge in [-0.2, -0.15) is 0 Å². The van der Waals surface area contributed by atoms with Crippen LogP contribution in [-0.2, 0) is 11.2 Å². The van der Waals surface area contributed by atoms with Gasteiger partial charge in [0.2, 0.25) is 11.1 Å². The maximum absolute atomic E-state index is 11.8. The smallest absolute Gasteiger partial charge is 0.272 e. The average Bonchev–Trinajstić information content (AvgIpc) is 3.33. The van der Waals surface area contributed by atoms with Crippen LogP contribution in [0.25, 0.3) is 0 Å². The largest absolute Gasteiger partial charge is 0.279 e. The minimum Gasteiger partial charge on any atom is -0.272 e. The Labute approximate surface area is 148 Å². The molecule has 128 valence electrons. The fourth-order valence-corrected chi connectivity index (χ4v) is 3.92. The second-order valence-corrected chi connectivity index (χ2v) is 7.58. The van der Waals surface area contributed by atoms with Gasteiger partial charge in [0, 0.05) is 6.42 Å². The predicted molar refractivity (Wildman–Crippen MR) is 92.7 cm³/mol. The lowest BCUT2D eigenvalue weighted by Crippen LogP contribution is -2.42. The molecule has 1 saturated carbocycles. The number of hydrazine groups is 1. The topological polar surface area (TPSA) is 99.8 Å². The van der Waals surface area contributed by atoms with Gasteiger partial charge in [0.15, 0.2) is 0 Å². The molecule has 0 radical (unpaired) electrons. The van der Waals surface area contributed by atoms with Crippen molar-refractivity contribution in [3.63, 3.8) is 0 Å². The molecule has 2 aromatic rings. The second kappa shape index (κ2) is 8.29. The van der Waals surface area contributed by atoms with Crippen molar-refractivity contribution < 1.29 is 9.59 Å². The van der Waals surface area contributed by atoms with Crippen LogP contribution in [0.1, 0.15) is 41.2 Å². The highest BCUT2D eigenvalue weighted by molar-refractivity contribution is 7.99. The first-order valence-electron chi connectivity index (χ1n) is 7.87. The monoisotopic (exact) mass is 365 g/mol. The summed E-state index contributed by atoms with van der Waals surface area (Å²) < 4.78 is 0. The number of hydrogen-bond acceptors (Lipinski definition) is 6. The zero-order valence-corrected chi connectivity index (χ0v) is 14.7. The molecule has 3 rings (SSSR count). The average molecular weight is 365 g/mol. The maximum atomic E-state index is 11.8. The molecule has 0 spiro atoms. The number of aromatic amines is 1. The number of thiophene rings is 1. The van der Waals surface area contributed by atoms with Crippen molar-refractivity contribution in [2.24, 2.45) is 5.92 Å². The van der Waals surface area contributed by atoms with E-state index in [1.54, 1.807) is 17.5 Å². The number of carbonyl (C=O) groups is 2. The number of nitrogens with one attached hydrogen (secondary N) is 3. The Bertz CT molecular complexity index is 680. The molecule has 24 heavy (non-hydrogen) atoms. The summed E-state index contributed by atoms with van der Waals surface area (Å²) in [5, 5.41) is 9.43. The summed E-state index contributed by atoms with van der Waals surface area (Å²) in [5.41, 5.74) is 4.77. The minimum absolute atomic E-state index is 0.144. The lowest BCUT2D eigenvalue weighted by molar-refractivity contribution is -0.119. The highest BCUT2D eigenvalue weighted by Crippen LogP contribution is 2.27. The zero-order chi connectivity index (χ0) is 16.8. The van der Waals surface area contributed by atoms with Crippen LogP contribution in [0.4, 0.5) is 0 Å². The van der Waals surface area contributed by atoms with E-state index in [9.17, 15) is 9.59 Å². The number of amides is 2. The van der Waals surface area contributed by atoms with E-state index >= 15 is 0 Å². The van der Waals surface area contributed by atoms with Gasteiger partial charge < -0.3 is 0 Å². The molecule has 1 aliphatic carbocycles. The fourth-order valence-electron chi connectivity index (χ4n) is 2.68. The van der Waals surface area contributed by atoms with Crippen LogP contribution in [0.2, 0.25) is 0 Å². The van der Waals surface area contributed by atoms with Crippen molar-refractivity contribution in [2.75, 3.05) is 5.75 Å². The molecule has 2 aromatic heterocycles. The number of aromatic nitrogens is 3. The third kappa shape index (κ3) is 4.81. The highest BCUT2D eigenvalue weighted by Gasteiger charge is 2.17. The van der Waals surface area contributed by atoms with Crippen molar-refractivity contribution in [2.45, 2.75) is 37.3 Å². The molecule has 0 aromatic carbocycles. The van der Waals surface area contributed by atoms with E-state index in [1.165, 1.54) is 48.8 Å². The van der Waals surface area contributed by atoms with E-state index < -0.39 is 0 Å². The van der Waals surface area contributed by atoms with Crippen LogP contribution >= 0.6 is 23.1 Å². The molecule has 0 unspecified atom stereocenters. The van der Waals surface area contributed by atoms with Gasteiger partial charge in [-0.1, -0.05) is 43.5 Å². The van der Waals surface area contributed by atoms with E-state index in [2.05, 4.69) is 26.0 Å². The van der Waals surface area contributed by atoms with Crippen molar-refractivity contribution in [3.05, 3.63) is 28.2 Å². The molecule has 0 bridgehead atoms. The third-order valence-electron chi connectivity index (χ3n) is 3.86. The maximum Gasteiger partial charge on any atom is 0.279 e. The summed E-state index contributed by atoms with van der Waals surface area (Å²) in [7, 11) is 0. The highest BCUT2D eigenvalue weighted by atomic mass is 32.2. The van der Waals surface area contributed by atoms with E-state index in [0.29, 0.717) is 16.0 Å². The second-order valence-electron chi connectivity index (χ2n) is 5.69. The molecule has 0 atom stereocenters. The summed E-state index contributed by atoms with van der Waals surface area (Å²) >= 11 is 2.56. The summed E-state index contributed by atoms with van der Waals surface area (Å²) in [5.74, 6) is 1.11. The quantitative estimate of drug-likeness (QED) is 0.538. The van der Waals surface area contributed by atoms with E-state index in [1.807, 2.05) is 0 Å². The van der Waals surface area contributed by atoms with E-state index in [4.69, 9.17) is 0 Å². The molecule has 2 amide bonds. The van der Waals surface area contributed by atoms with Crippen LogP contribution in [0.15, 0.2) is 22.7 Å². The number of H-pyrrole nitrogens is 1. The first-order chi connectivity index (χ1) is 11.7. The normalized spacial score (nSPS) is 14.7. The van der Waals surface area contributed by atoms with Crippen LogP contribution < -0.4 is 10.9 Å². The van der Waals surface area contributed by atoms with Crippen LogP contribution in [-0.4, -0.2) is 32.7 Å². The summed E-state index contributed by atoms with van der Waals surface area (Å²) in [6.45, 7) is 0. The van der Waals surface area contributed by atoms with Gasteiger partial charge in [-0.05, 0) is 17.4 Å². The summed E-state index contributed by atoms with van der Waals surface area (Å²) in [6.07, 6.45) is 6.05. The van der Waals surface area contributed by atoms with Gasteiger partial charge in [0.25, 0.3) is 5.91 Å². The van der Waals surface area contributed by atoms with Crippen LogP contribution in [0.3, 0.4) is 0 Å². The third-order valence-corrected chi connectivity index (χ3v) is 5.58. The lowest BCUT2D eigenvalue weighted by atomic mass is 10.0. The Kier molecular flexibility index (Phi) is 5.86. The molecular weight excluding hydrogens is 346 g/mol. The number of nitrogens with zero attached hydrogens (tertiary/aromatic N) is 2. The van der Waals surface area contributed by atoms with Gasteiger partial charge >= 0.3 is 0 Å². The molecule has 9 heteroatoms. The Morgan fingerprint density at radius 3 is 2.92 bits per heavy atom. The Morgan fingerprint density at radius 2 is 2.17 bits per heavy atom. The fraction of sp³-hybridized carbons (Fsp3) is 0.467. The van der Waals surface area contributed by atoms with Crippen molar-refractivity contribution >= 4 is 34.9 Å². The van der Waals surface area contributed by atoms with Crippen LogP contribution in [0, 0.1) is 5.92 Å². The van der Waals surface area contributed by atoms with Gasteiger partial charge in [0.1, 0.15) is 5.82 Å². The first-order valence-corrected chi connectivity index (χ1v) is 9.74. The van der Waals surface area contributed by atoms with Gasteiger partial charge in [-0.15, -0.1) is 16.4 Å². The first kappa shape index (κ1) is 17.0. The molecule has 2 heterocycles. The van der Waals surface area contributed by atoms with Crippen LogP contribution in [0.5, 0.6) is 0 Å². The van der Waals surface area contributed by atoms with Crippen molar-refractivity contribution in [1.82, 2.24) is 26.0 Å². The van der Waals surface area contributed by atoms with Gasteiger partial charge in [-0.3, -0.25) is 25.5 Å². The molecular formula is C15H19N5O2S2. The Hall–Kier alpha value is -1.87. The number of hydrogen-bond donors (Lipinski definition) is 3. The zero-order valence-electron chi connectivity index (χ0n) is 13.1. The van der Waals surface area contributed by atoms with Gasteiger partial charge in [-0.25, -0.2) is 4.98 Å². The lowest BCUT2D eigenvalue weighted by Gasteiger charge is -2.05. The van der Waals surface area contributed by atoms with Crippen molar-refractivity contribution in [3.8, 4) is 0 Å². The SMILES string of the molecule is O=C(CSc1n[nH]c(CC2CCCC2)n1)NNC(=O)c1cccs1. The predicted octanol–water partition coefficient (Wildman–Crippen LogP) is 2.15.